The average molecular weight is 351 g/mol. The van der Waals surface area contributed by atoms with E-state index in [-0.39, 0.29) is 12.1 Å². The van der Waals surface area contributed by atoms with Gasteiger partial charge in [-0.15, -0.1) is 11.3 Å². The van der Waals surface area contributed by atoms with Gasteiger partial charge in [-0.05, 0) is 18.1 Å². The number of methoxy groups -OCH3 is 1. The van der Waals surface area contributed by atoms with Crippen LogP contribution >= 0.6 is 11.3 Å². The van der Waals surface area contributed by atoms with Crippen molar-refractivity contribution < 1.29 is 6.11 Å². The summed E-state index contributed by atoms with van der Waals surface area (Å²) in [5, 5.41) is 2.87. The maximum atomic E-state index is 9.33. The van der Waals surface area contributed by atoms with E-state index in [0.717, 1.165) is 21.8 Å². The van der Waals surface area contributed by atoms with Crippen LogP contribution in [0.4, 0.5) is 0 Å². The van der Waals surface area contributed by atoms with E-state index >= 15 is 0 Å². The molecule has 1 aromatic heterocycles. The predicted octanol–water partition coefficient (Wildman–Crippen LogP) is 4.94. The molecule has 4 atom stereocenters. The lowest BCUT2D eigenvalue weighted by Gasteiger charge is -2.19. The number of thiazole rings is 1. The monoisotopic (exact) mass is 351 g/mol. The molecule has 25 heavy (non-hydrogen) atoms. The van der Waals surface area contributed by atoms with Crippen molar-refractivity contribution in [2.45, 2.75) is 25.0 Å². The Balaban J connectivity index is 1.78. The number of nitrogens with zero attached hydrogens (tertiary/aromatic N) is 2. The molecule has 0 N–H and O–H groups in total. The van der Waals surface area contributed by atoms with Crippen LogP contribution in [0.2, 0.25) is 0 Å². The van der Waals surface area contributed by atoms with Crippen LogP contribution in [0, 0.1) is 6.92 Å². The van der Waals surface area contributed by atoms with Crippen molar-refractivity contribution in [3.63, 3.8) is 0 Å². The second-order valence-electron chi connectivity index (χ2n) is 6.28. The minimum Gasteiger partial charge on any atom is -0.383 e. The number of aromatic nitrogens is 1. The Bertz CT molecular complexity index is 870. The van der Waals surface area contributed by atoms with E-state index in [1.165, 1.54) is 0 Å². The van der Waals surface area contributed by atoms with Crippen molar-refractivity contribution in [1.82, 2.24) is 9.88 Å². The quantitative estimate of drug-likeness (QED) is 0.588. The summed E-state index contributed by atoms with van der Waals surface area (Å²) in [5.41, 5.74) is 3.28. The van der Waals surface area contributed by atoms with Gasteiger partial charge in [-0.25, -0.2) is 4.98 Å². The minimum atomic E-state index is -0.862. The molecule has 0 bridgehead atoms. The summed E-state index contributed by atoms with van der Waals surface area (Å²) in [6.07, 6.45) is 0. The maximum absolute atomic E-state index is 9.33. The molecule has 0 spiro atoms. The number of aryl methyl sites for hydroxylation is 1. The van der Waals surface area contributed by atoms with Gasteiger partial charge in [-0.1, -0.05) is 60.7 Å². The molecule has 0 amide bonds. The molecule has 1 fully saturated rings. The lowest BCUT2D eigenvalue weighted by molar-refractivity contribution is 0.135. The van der Waals surface area contributed by atoms with Gasteiger partial charge in [0.2, 0.25) is 0 Å². The van der Waals surface area contributed by atoms with Crippen molar-refractivity contribution in [3.8, 4) is 0 Å². The molecule has 128 valence electrons. The van der Waals surface area contributed by atoms with Crippen molar-refractivity contribution >= 4 is 11.3 Å². The molecule has 0 aliphatic carbocycles. The first-order valence-corrected chi connectivity index (χ1v) is 9.34. The zero-order valence-corrected chi connectivity index (χ0v) is 15.2. The summed E-state index contributed by atoms with van der Waals surface area (Å²) < 4.78 is 14.9. The first-order chi connectivity index (χ1) is 12.7. The van der Waals surface area contributed by atoms with Gasteiger partial charge in [0.25, 0.3) is 0 Å². The van der Waals surface area contributed by atoms with Gasteiger partial charge in [0, 0.05) is 18.2 Å². The molecule has 2 aromatic carbocycles. The Morgan fingerprint density at radius 3 is 2.44 bits per heavy atom. The summed E-state index contributed by atoms with van der Waals surface area (Å²) in [5.74, 6) is 0. The van der Waals surface area contributed by atoms with Gasteiger partial charge in [-0.2, -0.15) is 0 Å². The molecule has 4 rings (SSSR count). The van der Waals surface area contributed by atoms with Gasteiger partial charge in [-0.3, -0.25) is 4.90 Å². The Morgan fingerprint density at radius 1 is 1.16 bits per heavy atom. The molecule has 1 aliphatic heterocycles. The molecule has 1 saturated heterocycles. The lowest BCUT2D eigenvalue weighted by atomic mass is 10.1. The predicted molar refractivity (Wildman–Crippen MR) is 102 cm³/mol. The van der Waals surface area contributed by atoms with Gasteiger partial charge < -0.3 is 4.74 Å². The van der Waals surface area contributed by atoms with Crippen LogP contribution in [0.5, 0.6) is 0 Å². The SMILES string of the molecule is [2H][C@]1(c2nc(C)cs2)[C@@H](c2ccccc2)N1[C@@H](COC)c1ccccc1. The molecule has 2 heterocycles. The van der Waals surface area contributed by atoms with E-state index in [9.17, 15) is 1.37 Å². The zero-order chi connectivity index (χ0) is 18.1. The summed E-state index contributed by atoms with van der Waals surface area (Å²) in [4.78, 5) is 6.88. The van der Waals surface area contributed by atoms with Gasteiger partial charge in [0.05, 0.1) is 26.1 Å². The molecule has 3 nitrogen and oxygen atoms in total. The normalized spacial score (nSPS) is 26.9. The van der Waals surface area contributed by atoms with Crippen LogP contribution in [-0.4, -0.2) is 23.6 Å². The Hall–Kier alpha value is -2.01. The topological polar surface area (TPSA) is 25.1 Å². The van der Waals surface area contributed by atoms with E-state index in [4.69, 9.17) is 4.74 Å². The van der Waals surface area contributed by atoms with Crippen molar-refractivity contribution in [3.05, 3.63) is 87.9 Å². The van der Waals surface area contributed by atoms with Crippen molar-refractivity contribution in [2.75, 3.05) is 13.7 Å². The van der Waals surface area contributed by atoms with Gasteiger partial charge in [0.15, 0.2) is 0 Å². The molecular formula is C21H22N2OS. The number of hydrogen-bond donors (Lipinski definition) is 0. The van der Waals surface area contributed by atoms with Crippen molar-refractivity contribution in [1.29, 1.82) is 0 Å². The zero-order valence-electron chi connectivity index (χ0n) is 15.4. The van der Waals surface area contributed by atoms with Crippen LogP contribution in [-0.2, 0) is 4.74 Å². The molecule has 0 saturated carbocycles. The van der Waals surface area contributed by atoms with E-state index < -0.39 is 6.02 Å². The third-order valence-corrected chi connectivity index (χ3v) is 5.53. The van der Waals surface area contributed by atoms with Crippen LogP contribution in [0.15, 0.2) is 66.0 Å². The van der Waals surface area contributed by atoms with Crippen molar-refractivity contribution in [2.24, 2.45) is 0 Å². The Labute approximate surface area is 154 Å². The summed E-state index contributed by atoms with van der Waals surface area (Å²) in [7, 11) is 1.72. The molecule has 1 aliphatic rings. The van der Waals surface area contributed by atoms with E-state index in [1.54, 1.807) is 18.4 Å². The molecule has 0 radical (unpaired) electrons. The smallest absolute Gasteiger partial charge is 0.112 e. The third kappa shape index (κ3) is 3.25. The fourth-order valence-corrected chi connectivity index (χ4v) is 4.25. The highest BCUT2D eigenvalue weighted by atomic mass is 32.1. The summed E-state index contributed by atoms with van der Waals surface area (Å²) in [6, 6.07) is 19.7. The van der Waals surface area contributed by atoms with Crippen LogP contribution in [0.3, 0.4) is 0 Å². The van der Waals surface area contributed by atoms with Crippen LogP contribution in [0.25, 0.3) is 0 Å². The van der Waals surface area contributed by atoms with E-state index in [1.807, 2.05) is 48.7 Å². The molecular weight excluding hydrogens is 328 g/mol. The average Bonchev–Trinajstić information content (AvgIpc) is 3.05. The number of benzene rings is 2. The third-order valence-electron chi connectivity index (χ3n) is 4.55. The number of hydrogen-bond acceptors (Lipinski definition) is 4. The number of ether oxygens (including phenoxy) is 1. The summed E-state index contributed by atoms with van der Waals surface area (Å²) >= 11 is 1.57. The van der Waals surface area contributed by atoms with Crippen LogP contribution in [0.1, 0.15) is 41.3 Å². The molecule has 1 unspecified atom stereocenters. The molecule has 4 heteroatoms. The van der Waals surface area contributed by atoms with Gasteiger partial charge in [0.1, 0.15) is 5.01 Å². The Kier molecular flexibility index (Phi) is 4.32. The fourth-order valence-electron chi connectivity index (χ4n) is 3.38. The van der Waals surface area contributed by atoms with Gasteiger partial charge >= 0.3 is 0 Å². The second-order valence-corrected chi connectivity index (χ2v) is 7.14. The molecule has 3 aromatic rings. The second kappa shape index (κ2) is 7.08. The number of rotatable bonds is 6. The highest BCUT2D eigenvalue weighted by molar-refractivity contribution is 7.09. The first kappa shape index (κ1) is 15.3. The van der Waals surface area contributed by atoms with E-state index in [2.05, 4.69) is 34.1 Å². The lowest BCUT2D eigenvalue weighted by Crippen LogP contribution is -2.16. The minimum absolute atomic E-state index is 0.00751. The first-order valence-electron chi connectivity index (χ1n) is 8.96. The fraction of sp³-hybridized carbons (Fsp3) is 0.286. The van der Waals surface area contributed by atoms with E-state index in [0.29, 0.717) is 6.61 Å². The summed E-state index contributed by atoms with van der Waals surface area (Å²) in [6.45, 7) is 2.52. The van der Waals surface area contributed by atoms with Crippen LogP contribution < -0.4 is 0 Å². The standard InChI is InChI=1S/C21H22N2OS/c1-15-14-25-21(22-15)20-19(17-11-7-4-8-12-17)23(20)18(13-24-2)16-9-5-3-6-10-16/h3-12,14,18-20H,13H2,1-2H3/t18-,19+,20+,23?/m0/s1/i20D. The largest absolute Gasteiger partial charge is 0.383 e. The Morgan fingerprint density at radius 2 is 1.84 bits per heavy atom. The maximum Gasteiger partial charge on any atom is 0.112 e. The highest BCUT2D eigenvalue weighted by Crippen LogP contribution is 2.59. The highest BCUT2D eigenvalue weighted by Gasteiger charge is 2.54.